The topological polar surface area (TPSA) is 55.9 Å². The van der Waals surface area contributed by atoms with Crippen LogP contribution in [0.2, 0.25) is 0 Å². The molecule has 0 spiro atoms. The lowest BCUT2D eigenvalue weighted by molar-refractivity contribution is -0.132. The quantitative estimate of drug-likeness (QED) is 0.721. The van der Waals surface area contributed by atoms with E-state index in [1.165, 1.54) is 0 Å². The third-order valence-corrected chi connectivity index (χ3v) is 4.01. The first-order chi connectivity index (χ1) is 10.1. The third-order valence-electron chi connectivity index (χ3n) is 4.01. The van der Waals surface area contributed by atoms with Crippen LogP contribution in [0.15, 0.2) is 0 Å². The molecular formula is C15H32Cl2N4O2. The Balaban J connectivity index is 0. The van der Waals surface area contributed by atoms with E-state index in [-0.39, 0.29) is 36.6 Å². The standard InChI is InChI=1S/C15H30N4O2.2ClH/c1-4-18(5-2)15(21)13-17-9-6-10-19(12-11-17)14(20)7-8-16-3;;/h16H,4-13H2,1-3H3;2*1H. The zero-order valence-corrected chi connectivity index (χ0v) is 16.2. The third kappa shape index (κ3) is 8.74. The van der Waals surface area contributed by atoms with Crippen molar-refractivity contribution in [2.75, 3.05) is 59.4 Å². The number of carbonyl (C=O) groups is 2. The first kappa shape index (κ1) is 24.7. The van der Waals surface area contributed by atoms with Crippen molar-refractivity contribution in [3.8, 4) is 0 Å². The SMILES string of the molecule is CCN(CC)C(=O)CN1CCCN(C(=O)CCNC)CC1.Cl.Cl. The van der Waals surface area contributed by atoms with E-state index in [1.54, 1.807) is 0 Å². The molecule has 0 aromatic carbocycles. The van der Waals surface area contributed by atoms with Gasteiger partial charge in [0.2, 0.25) is 11.8 Å². The molecule has 0 bridgehead atoms. The lowest BCUT2D eigenvalue weighted by atomic mass is 10.3. The first-order valence-corrected chi connectivity index (χ1v) is 8.04. The summed E-state index contributed by atoms with van der Waals surface area (Å²) in [6, 6.07) is 0. The highest BCUT2D eigenvalue weighted by Gasteiger charge is 2.21. The van der Waals surface area contributed by atoms with Crippen molar-refractivity contribution in [2.24, 2.45) is 0 Å². The zero-order chi connectivity index (χ0) is 15.7. The fraction of sp³-hybridized carbons (Fsp3) is 0.867. The van der Waals surface area contributed by atoms with Gasteiger partial charge in [-0.1, -0.05) is 0 Å². The Morgan fingerprint density at radius 2 is 1.70 bits per heavy atom. The molecule has 1 aliphatic heterocycles. The molecule has 1 aliphatic rings. The number of nitrogens with zero attached hydrogens (tertiary/aromatic N) is 3. The van der Waals surface area contributed by atoms with Gasteiger partial charge in [0.25, 0.3) is 0 Å². The summed E-state index contributed by atoms with van der Waals surface area (Å²) in [5, 5.41) is 3.01. The van der Waals surface area contributed by atoms with Crippen molar-refractivity contribution in [3.63, 3.8) is 0 Å². The predicted octanol–water partition coefficient (Wildman–Crippen LogP) is 0.842. The average molecular weight is 371 g/mol. The second-order valence-corrected chi connectivity index (χ2v) is 5.43. The minimum atomic E-state index is 0. The fourth-order valence-corrected chi connectivity index (χ4v) is 2.64. The molecule has 0 aromatic heterocycles. The van der Waals surface area contributed by atoms with E-state index < -0.39 is 0 Å². The molecule has 0 aliphatic carbocycles. The number of halogens is 2. The maximum absolute atomic E-state index is 12.1. The van der Waals surface area contributed by atoms with Crippen LogP contribution in [0.5, 0.6) is 0 Å². The molecule has 0 radical (unpaired) electrons. The summed E-state index contributed by atoms with van der Waals surface area (Å²) in [6.45, 7) is 9.95. The second kappa shape index (κ2) is 13.8. The Labute approximate surface area is 152 Å². The summed E-state index contributed by atoms with van der Waals surface area (Å²) in [5.41, 5.74) is 0. The molecule has 0 saturated carbocycles. The zero-order valence-electron chi connectivity index (χ0n) is 14.5. The van der Waals surface area contributed by atoms with Crippen molar-refractivity contribution in [3.05, 3.63) is 0 Å². The van der Waals surface area contributed by atoms with E-state index in [4.69, 9.17) is 0 Å². The van der Waals surface area contributed by atoms with Gasteiger partial charge in [-0.3, -0.25) is 14.5 Å². The van der Waals surface area contributed by atoms with E-state index in [0.29, 0.717) is 13.0 Å². The van der Waals surface area contributed by atoms with E-state index in [0.717, 1.165) is 52.2 Å². The Bertz CT molecular complexity index is 341. The van der Waals surface area contributed by atoms with Crippen LogP contribution >= 0.6 is 24.8 Å². The van der Waals surface area contributed by atoms with Crippen molar-refractivity contribution in [1.29, 1.82) is 0 Å². The monoisotopic (exact) mass is 370 g/mol. The summed E-state index contributed by atoms with van der Waals surface area (Å²) >= 11 is 0. The van der Waals surface area contributed by atoms with Crippen LogP contribution in [0.25, 0.3) is 0 Å². The Kier molecular flexibility index (Phi) is 14.9. The molecule has 0 unspecified atom stereocenters. The minimum Gasteiger partial charge on any atom is -0.342 e. The Morgan fingerprint density at radius 3 is 2.26 bits per heavy atom. The van der Waals surface area contributed by atoms with Gasteiger partial charge in [-0.05, 0) is 27.3 Å². The second-order valence-electron chi connectivity index (χ2n) is 5.43. The number of rotatable bonds is 7. The molecule has 1 heterocycles. The van der Waals surface area contributed by atoms with Crippen LogP contribution in [-0.2, 0) is 9.59 Å². The summed E-state index contributed by atoms with van der Waals surface area (Å²) in [6.07, 6.45) is 1.49. The van der Waals surface area contributed by atoms with Crippen LogP contribution in [0.1, 0.15) is 26.7 Å². The van der Waals surface area contributed by atoms with Gasteiger partial charge < -0.3 is 15.1 Å². The van der Waals surface area contributed by atoms with Crippen LogP contribution in [0.4, 0.5) is 0 Å². The molecule has 8 heteroatoms. The van der Waals surface area contributed by atoms with E-state index in [9.17, 15) is 9.59 Å². The molecule has 138 valence electrons. The Morgan fingerprint density at radius 1 is 1.04 bits per heavy atom. The summed E-state index contributed by atoms with van der Waals surface area (Å²) in [5.74, 6) is 0.399. The molecule has 1 N–H and O–H groups in total. The van der Waals surface area contributed by atoms with Crippen molar-refractivity contribution < 1.29 is 9.59 Å². The molecule has 0 aromatic rings. The number of nitrogens with one attached hydrogen (secondary N) is 1. The van der Waals surface area contributed by atoms with Crippen LogP contribution in [0.3, 0.4) is 0 Å². The van der Waals surface area contributed by atoms with Crippen LogP contribution < -0.4 is 5.32 Å². The number of amides is 2. The smallest absolute Gasteiger partial charge is 0.236 e. The van der Waals surface area contributed by atoms with E-state index >= 15 is 0 Å². The molecule has 6 nitrogen and oxygen atoms in total. The van der Waals surface area contributed by atoms with E-state index in [2.05, 4.69) is 10.2 Å². The molecular weight excluding hydrogens is 339 g/mol. The summed E-state index contributed by atoms with van der Waals surface area (Å²) in [4.78, 5) is 30.1. The van der Waals surface area contributed by atoms with Gasteiger partial charge in [0.05, 0.1) is 6.54 Å². The van der Waals surface area contributed by atoms with Crippen molar-refractivity contribution in [2.45, 2.75) is 26.7 Å². The number of likely N-dealkylation sites (N-methyl/N-ethyl adjacent to an activating group) is 1. The number of hydrogen-bond donors (Lipinski definition) is 1. The number of carbonyl (C=O) groups excluding carboxylic acids is 2. The van der Waals surface area contributed by atoms with Crippen molar-refractivity contribution in [1.82, 2.24) is 20.0 Å². The number of hydrogen-bond acceptors (Lipinski definition) is 4. The van der Waals surface area contributed by atoms with Crippen molar-refractivity contribution >= 4 is 36.6 Å². The molecule has 1 saturated heterocycles. The van der Waals surface area contributed by atoms with Crippen LogP contribution in [-0.4, -0.2) is 85.9 Å². The largest absolute Gasteiger partial charge is 0.342 e. The van der Waals surface area contributed by atoms with Gasteiger partial charge in [-0.25, -0.2) is 0 Å². The fourth-order valence-electron chi connectivity index (χ4n) is 2.64. The highest BCUT2D eigenvalue weighted by molar-refractivity contribution is 5.85. The van der Waals surface area contributed by atoms with Gasteiger partial charge in [-0.2, -0.15) is 0 Å². The molecule has 0 atom stereocenters. The Hall–Kier alpha value is -0.560. The maximum atomic E-state index is 12.1. The average Bonchev–Trinajstić information content (AvgIpc) is 2.71. The normalized spacial score (nSPS) is 15.2. The highest BCUT2D eigenvalue weighted by Crippen LogP contribution is 2.05. The van der Waals surface area contributed by atoms with E-state index in [1.807, 2.05) is 30.7 Å². The van der Waals surface area contributed by atoms with Crippen LogP contribution in [0, 0.1) is 0 Å². The lowest BCUT2D eigenvalue weighted by Crippen LogP contribution is -2.42. The summed E-state index contributed by atoms with van der Waals surface area (Å²) in [7, 11) is 1.86. The van der Waals surface area contributed by atoms with Gasteiger partial charge >= 0.3 is 0 Å². The first-order valence-electron chi connectivity index (χ1n) is 8.04. The predicted molar refractivity (Wildman–Crippen MR) is 98.6 cm³/mol. The van der Waals surface area contributed by atoms with Gasteiger partial charge in [0.1, 0.15) is 0 Å². The van der Waals surface area contributed by atoms with Gasteiger partial charge in [0.15, 0.2) is 0 Å². The maximum Gasteiger partial charge on any atom is 0.236 e. The molecule has 23 heavy (non-hydrogen) atoms. The highest BCUT2D eigenvalue weighted by atomic mass is 35.5. The van der Waals surface area contributed by atoms with Gasteiger partial charge in [-0.15, -0.1) is 24.8 Å². The summed E-state index contributed by atoms with van der Waals surface area (Å²) < 4.78 is 0. The minimum absolute atomic E-state index is 0. The molecule has 1 rings (SSSR count). The molecule has 2 amide bonds. The lowest BCUT2D eigenvalue weighted by Gasteiger charge is -2.25. The van der Waals surface area contributed by atoms with Gasteiger partial charge in [0, 0.05) is 52.2 Å². The molecule has 1 fully saturated rings.